The van der Waals surface area contributed by atoms with Crippen molar-refractivity contribution in [3.8, 4) is 0 Å². The van der Waals surface area contributed by atoms with Crippen LogP contribution in [0.25, 0.3) is 11.0 Å². The number of aromatic nitrogens is 2. The highest BCUT2D eigenvalue weighted by atomic mass is 32.3. The molecule has 2 rings (SSSR count). The van der Waals surface area contributed by atoms with Crippen molar-refractivity contribution in [2.75, 3.05) is 0 Å². The maximum Gasteiger partial charge on any atom is 0.306 e. The minimum Gasteiger partial charge on any atom is -0.243 e. The van der Waals surface area contributed by atoms with Gasteiger partial charge in [0.15, 0.2) is 0 Å². The first-order valence-corrected chi connectivity index (χ1v) is 5.23. The lowest BCUT2D eigenvalue weighted by Crippen LogP contribution is -1.95. The van der Waals surface area contributed by atoms with E-state index in [9.17, 15) is 12.3 Å². The van der Waals surface area contributed by atoms with Crippen molar-refractivity contribution < 1.29 is 16.9 Å². The van der Waals surface area contributed by atoms with Gasteiger partial charge in [0, 0.05) is 0 Å². The molecule has 7 heteroatoms. The minimum absolute atomic E-state index is 0.315. The Hall–Kier alpha value is -1.50. The minimum atomic E-state index is -4.51. The molecule has 0 aliphatic rings. The second-order valence-electron chi connectivity index (χ2n) is 2.77. The third kappa shape index (κ3) is 1.87. The van der Waals surface area contributed by atoms with Gasteiger partial charge in [0.05, 0.1) is 0 Å². The molecule has 1 aromatic carbocycles. The molecule has 0 N–H and O–H groups in total. The summed E-state index contributed by atoms with van der Waals surface area (Å²) in [6, 6.07) is 4.40. The van der Waals surface area contributed by atoms with E-state index in [1.54, 1.807) is 0 Å². The maximum absolute atomic E-state index is 12.3. The van der Waals surface area contributed by atoms with Crippen LogP contribution in [0.2, 0.25) is 0 Å². The quantitative estimate of drug-likeness (QED) is 0.701. The molecule has 0 unspecified atom stereocenters. The molecule has 0 spiro atoms. The summed E-state index contributed by atoms with van der Waals surface area (Å²) < 4.78 is 37.4. The van der Waals surface area contributed by atoms with E-state index >= 15 is 0 Å². The maximum atomic E-state index is 12.3. The predicted octanol–water partition coefficient (Wildman–Crippen LogP) is 1.02. The Kier molecular flexibility index (Phi) is 1.95. The molecule has 0 saturated heterocycles. The smallest absolute Gasteiger partial charge is 0.243 e. The standard InChI is InChI=1S/C7H5FN2O3S/c8-14(11,12)4-5-1-2-6-7(3-5)10-13-9-6/h1-3H,4H2. The number of hydrogen-bond acceptors (Lipinski definition) is 5. The molecular weight excluding hydrogens is 211 g/mol. The number of benzene rings is 1. The normalized spacial score (nSPS) is 12.1. The topological polar surface area (TPSA) is 73.1 Å². The summed E-state index contributed by atoms with van der Waals surface area (Å²) in [5, 5.41) is 7.03. The number of nitrogens with zero attached hydrogens (tertiary/aromatic N) is 2. The van der Waals surface area contributed by atoms with E-state index in [0.29, 0.717) is 16.6 Å². The highest BCUT2D eigenvalue weighted by molar-refractivity contribution is 7.85. The van der Waals surface area contributed by atoms with E-state index in [1.807, 2.05) is 0 Å². The number of rotatable bonds is 2. The summed E-state index contributed by atoms with van der Waals surface area (Å²) in [5.74, 6) is -0.657. The lowest BCUT2D eigenvalue weighted by Gasteiger charge is -1.94. The van der Waals surface area contributed by atoms with Gasteiger partial charge in [-0.2, -0.15) is 8.42 Å². The Morgan fingerprint density at radius 3 is 2.71 bits per heavy atom. The first kappa shape index (κ1) is 9.07. The van der Waals surface area contributed by atoms with Crippen LogP contribution in [-0.2, 0) is 16.0 Å². The first-order chi connectivity index (χ1) is 6.54. The van der Waals surface area contributed by atoms with E-state index in [4.69, 9.17) is 0 Å². The van der Waals surface area contributed by atoms with E-state index < -0.39 is 16.0 Å². The molecule has 2 aromatic rings. The highest BCUT2D eigenvalue weighted by Crippen LogP contribution is 2.14. The molecule has 0 aliphatic heterocycles. The zero-order valence-corrected chi connectivity index (χ0v) is 7.66. The van der Waals surface area contributed by atoms with Gasteiger partial charge < -0.3 is 0 Å². The van der Waals surface area contributed by atoms with E-state index in [-0.39, 0.29) is 0 Å². The van der Waals surface area contributed by atoms with Gasteiger partial charge in [-0.05, 0) is 28.0 Å². The molecule has 14 heavy (non-hydrogen) atoms. The van der Waals surface area contributed by atoms with Crippen molar-refractivity contribution in [1.29, 1.82) is 0 Å². The van der Waals surface area contributed by atoms with E-state index in [0.717, 1.165) is 0 Å². The predicted molar refractivity (Wildman–Crippen MR) is 45.5 cm³/mol. The van der Waals surface area contributed by atoms with Crippen molar-refractivity contribution in [3.05, 3.63) is 23.8 Å². The fraction of sp³-hybridized carbons (Fsp3) is 0.143. The molecule has 74 valence electrons. The Morgan fingerprint density at radius 1 is 1.29 bits per heavy atom. The monoisotopic (exact) mass is 216 g/mol. The highest BCUT2D eigenvalue weighted by Gasteiger charge is 2.10. The number of halogens is 1. The summed E-state index contributed by atoms with van der Waals surface area (Å²) in [7, 11) is -4.51. The lowest BCUT2D eigenvalue weighted by atomic mass is 10.2. The molecule has 0 radical (unpaired) electrons. The van der Waals surface area contributed by atoms with Crippen molar-refractivity contribution in [2.45, 2.75) is 5.75 Å². The van der Waals surface area contributed by atoms with Crippen molar-refractivity contribution in [1.82, 2.24) is 10.3 Å². The van der Waals surface area contributed by atoms with Crippen LogP contribution in [0.4, 0.5) is 3.89 Å². The van der Waals surface area contributed by atoms with Crippen LogP contribution in [0.15, 0.2) is 22.8 Å². The van der Waals surface area contributed by atoms with E-state index in [1.165, 1.54) is 18.2 Å². The SMILES string of the molecule is O=S(=O)(F)Cc1ccc2nonc2c1. The molecule has 1 heterocycles. The Labute approximate surface area is 78.7 Å². The molecule has 0 saturated carbocycles. The molecule has 0 atom stereocenters. The molecule has 0 bridgehead atoms. The Bertz CT molecular complexity index is 563. The summed E-state index contributed by atoms with van der Waals surface area (Å²) in [4.78, 5) is 0. The lowest BCUT2D eigenvalue weighted by molar-refractivity contribution is 0.315. The van der Waals surface area contributed by atoms with Crippen molar-refractivity contribution in [3.63, 3.8) is 0 Å². The summed E-state index contributed by atoms with van der Waals surface area (Å²) in [6.45, 7) is 0. The van der Waals surface area contributed by atoms with Crippen LogP contribution in [0, 0.1) is 0 Å². The number of hydrogen-bond donors (Lipinski definition) is 0. The second-order valence-corrected chi connectivity index (χ2v) is 4.14. The van der Waals surface area contributed by atoms with Gasteiger partial charge in [-0.3, -0.25) is 0 Å². The van der Waals surface area contributed by atoms with Crippen LogP contribution >= 0.6 is 0 Å². The fourth-order valence-electron chi connectivity index (χ4n) is 1.12. The van der Waals surface area contributed by atoms with Crippen LogP contribution in [-0.4, -0.2) is 18.7 Å². The molecule has 1 aromatic heterocycles. The largest absolute Gasteiger partial charge is 0.306 e. The fourth-order valence-corrected chi connectivity index (χ4v) is 1.69. The van der Waals surface area contributed by atoms with Gasteiger partial charge in [-0.1, -0.05) is 6.07 Å². The van der Waals surface area contributed by atoms with Gasteiger partial charge in [-0.25, -0.2) is 4.63 Å². The summed E-state index contributed by atoms with van der Waals surface area (Å²) in [6.07, 6.45) is 0. The Morgan fingerprint density at radius 2 is 2.00 bits per heavy atom. The molecular formula is C7H5FN2O3S. The van der Waals surface area contributed by atoms with Gasteiger partial charge >= 0.3 is 10.2 Å². The third-order valence-electron chi connectivity index (χ3n) is 1.66. The number of fused-ring (bicyclic) bond motifs is 1. The first-order valence-electron chi connectivity index (χ1n) is 3.68. The molecule has 5 nitrogen and oxygen atoms in total. The van der Waals surface area contributed by atoms with E-state index in [2.05, 4.69) is 14.9 Å². The molecule has 0 aliphatic carbocycles. The zero-order chi connectivity index (χ0) is 10.2. The van der Waals surface area contributed by atoms with Crippen LogP contribution in [0.1, 0.15) is 5.56 Å². The van der Waals surface area contributed by atoms with Gasteiger partial charge in [-0.15, -0.1) is 3.89 Å². The van der Waals surface area contributed by atoms with Gasteiger partial charge in [0.1, 0.15) is 16.8 Å². The van der Waals surface area contributed by atoms with Crippen LogP contribution in [0.5, 0.6) is 0 Å². The average molecular weight is 216 g/mol. The van der Waals surface area contributed by atoms with Gasteiger partial charge in [0.2, 0.25) is 0 Å². The van der Waals surface area contributed by atoms with Crippen LogP contribution < -0.4 is 0 Å². The van der Waals surface area contributed by atoms with Crippen molar-refractivity contribution >= 4 is 21.3 Å². The third-order valence-corrected chi connectivity index (χ3v) is 2.34. The second kappa shape index (κ2) is 3.02. The molecule has 0 amide bonds. The zero-order valence-electron chi connectivity index (χ0n) is 6.84. The van der Waals surface area contributed by atoms with Crippen molar-refractivity contribution in [2.24, 2.45) is 0 Å². The summed E-state index contributed by atoms with van der Waals surface area (Å²) >= 11 is 0. The Balaban J connectivity index is 2.44. The van der Waals surface area contributed by atoms with Gasteiger partial charge in [0.25, 0.3) is 0 Å². The summed E-state index contributed by atoms with van der Waals surface area (Å²) in [5.41, 5.74) is 1.23. The average Bonchev–Trinajstić information content (AvgIpc) is 2.47. The molecule has 0 fully saturated rings. The van der Waals surface area contributed by atoms with Crippen LogP contribution in [0.3, 0.4) is 0 Å².